The second-order valence-electron chi connectivity index (χ2n) is 8.64. The van der Waals surface area contributed by atoms with Crippen LogP contribution in [-0.4, -0.2) is 48.2 Å². The fourth-order valence-corrected chi connectivity index (χ4v) is 5.58. The first kappa shape index (κ1) is 19.0. The van der Waals surface area contributed by atoms with Crippen LogP contribution in [0, 0.1) is 35.5 Å². The van der Waals surface area contributed by atoms with Crippen LogP contribution in [0.5, 0.6) is 5.75 Å². The maximum absolute atomic E-state index is 13.1. The lowest BCUT2D eigenvalue weighted by molar-refractivity contribution is -0.157. The Morgan fingerprint density at radius 2 is 1.60 bits per heavy atom. The second-order valence-corrected chi connectivity index (χ2v) is 8.64. The van der Waals surface area contributed by atoms with Gasteiger partial charge in [-0.25, -0.2) is 4.79 Å². The van der Waals surface area contributed by atoms with E-state index in [4.69, 9.17) is 9.47 Å². The predicted molar refractivity (Wildman–Crippen MR) is 104 cm³/mol. The lowest BCUT2D eigenvalue weighted by Gasteiger charge is -2.37. The minimum Gasteiger partial charge on any atom is -0.497 e. The van der Waals surface area contributed by atoms with E-state index in [-0.39, 0.29) is 41.3 Å². The molecule has 2 bridgehead atoms. The normalized spacial score (nSPS) is 33.7. The van der Waals surface area contributed by atoms with Gasteiger partial charge < -0.3 is 9.47 Å². The van der Waals surface area contributed by atoms with E-state index in [0.717, 1.165) is 11.3 Å². The molecule has 30 heavy (non-hydrogen) atoms. The molecule has 1 aromatic rings. The van der Waals surface area contributed by atoms with Crippen LogP contribution in [-0.2, 0) is 19.1 Å². The van der Waals surface area contributed by atoms with Crippen molar-refractivity contribution in [3.8, 4) is 5.75 Å². The lowest BCUT2D eigenvalue weighted by Crippen LogP contribution is -2.45. The van der Waals surface area contributed by atoms with Crippen LogP contribution >= 0.6 is 0 Å². The van der Waals surface area contributed by atoms with Gasteiger partial charge >= 0.3 is 5.97 Å². The molecule has 6 rings (SSSR count). The molecule has 2 saturated carbocycles. The molecular weight excluding hydrogens is 386 g/mol. The van der Waals surface area contributed by atoms with Crippen molar-refractivity contribution in [3.05, 3.63) is 42.0 Å². The molecule has 7 heteroatoms. The fourth-order valence-electron chi connectivity index (χ4n) is 5.58. The zero-order valence-electron chi connectivity index (χ0n) is 16.8. The van der Waals surface area contributed by atoms with Gasteiger partial charge in [-0.3, -0.25) is 19.3 Å². The molecule has 0 N–H and O–H groups in total. The van der Waals surface area contributed by atoms with Crippen molar-refractivity contribution in [1.29, 1.82) is 0 Å². The number of amides is 2. The number of hydrogen-bond acceptors (Lipinski definition) is 6. The van der Waals surface area contributed by atoms with E-state index in [1.54, 1.807) is 24.3 Å². The van der Waals surface area contributed by atoms with Crippen LogP contribution < -0.4 is 4.74 Å². The highest BCUT2D eigenvalue weighted by atomic mass is 16.5. The average Bonchev–Trinajstić information content (AvgIpc) is 3.55. The summed E-state index contributed by atoms with van der Waals surface area (Å²) >= 11 is 0. The molecule has 5 aliphatic rings. The molecule has 7 nitrogen and oxygen atoms in total. The summed E-state index contributed by atoms with van der Waals surface area (Å²) in [6.07, 6.45) is 5.26. The number of likely N-dealkylation sites (tertiary alicyclic amines) is 1. The van der Waals surface area contributed by atoms with Crippen LogP contribution in [0.4, 0.5) is 0 Å². The van der Waals surface area contributed by atoms with Gasteiger partial charge in [0.05, 0.1) is 18.9 Å². The molecule has 1 aromatic carbocycles. The average molecular weight is 409 g/mol. The van der Waals surface area contributed by atoms with E-state index in [1.807, 2.05) is 0 Å². The molecule has 0 radical (unpaired) electrons. The number of methoxy groups -OCH3 is 1. The Morgan fingerprint density at radius 1 is 1.03 bits per heavy atom. The van der Waals surface area contributed by atoms with Crippen LogP contribution in [0.2, 0.25) is 0 Å². The van der Waals surface area contributed by atoms with Gasteiger partial charge in [-0.1, -0.05) is 12.2 Å². The van der Waals surface area contributed by atoms with E-state index >= 15 is 0 Å². The number of ketones is 1. The minimum atomic E-state index is -1.05. The van der Waals surface area contributed by atoms with Gasteiger partial charge in [0.1, 0.15) is 11.8 Å². The molecule has 0 unspecified atom stereocenters. The van der Waals surface area contributed by atoms with Gasteiger partial charge in [-0.15, -0.1) is 0 Å². The standard InChI is InChI=1S/C23H23NO6/c1-11(23(28)30-10-18(25)12-3-5-13(29-2)6-4-12)24-21(26)19-14-7-8-15(17-9-16(14)17)20(19)22(24)27/h3-8,11,14-17,19-20H,9-10H2,1-2H3/t11-,14-,15-,16-,17-,19-,20+/m0/s1. The van der Waals surface area contributed by atoms with Crippen LogP contribution in [0.25, 0.3) is 0 Å². The van der Waals surface area contributed by atoms with Crippen molar-refractivity contribution in [1.82, 2.24) is 4.90 Å². The Hall–Kier alpha value is -2.96. The first-order valence-electron chi connectivity index (χ1n) is 10.3. The first-order chi connectivity index (χ1) is 14.4. The van der Waals surface area contributed by atoms with E-state index in [0.29, 0.717) is 23.1 Å². The van der Waals surface area contributed by atoms with E-state index in [2.05, 4.69) is 12.2 Å². The summed E-state index contributed by atoms with van der Waals surface area (Å²) in [4.78, 5) is 52.0. The first-order valence-corrected chi connectivity index (χ1v) is 10.3. The topological polar surface area (TPSA) is 90.0 Å². The number of imide groups is 1. The fraction of sp³-hybridized carbons (Fsp3) is 0.478. The molecule has 1 heterocycles. The third-order valence-electron chi connectivity index (χ3n) is 7.18. The summed E-state index contributed by atoms with van der Waals surface area (Å²) in [5.74, 6) is -0.551. The van der Waals surface area contributed by atoms with Gasteiger partial charge in [0.25, 0.3) is 0 Å². The number of hydrogen-bond donors (Lipinski definition) is 0. The molecule has 7 atom stereocenters. The maximum Gasteiger partial charge on any atom is 0.329 e. The Bertz CT molecular complexity index is 930. The van der Waals surface area contributed by atoms with Crippen molar-refractivity contribution in [2.24, 2.45) is 35.5 Å². The number of esters is 1. The second kappa shape index (κ2) is 6.79. The number of carbonyl (C=O) groups excluding carboxylic acids is 4. The molecular formula is C23H23NO6. The molecule has 3 fully saturated rings. The van der Waals surface area contributed by atoms with Gasteiger partial charge in [0.2, 0.25) is 11.8 Å². The number of Topliss-reactive ketones (excluding diaryl/α,β-unsaturated/α-hetero) is 1. The summed E-state index contributed by atoms with van der Waals surface area (Å²) in [6.45, 7) is 1.04. The Kier molecular flexibility index (Phi) is 4.31. The van der Waals surface area contributed by atoms with Crippen molar-refractivity contribution in [3.63, 3.8) is 0 Å². The quantitative estimate of drug-likeness (QED) is 0.308. The third kappa shape index (κ3) is 2.71. The van der Waals surface area contributed by atoms with Crippen molar-refractivity contribution in [2.45, 2.75) is 19.4 Å². The molecule has 1 aliphatic heterocycles. The van der Waals surface area contributed by atoms with Gasteiger partial charge in [0, 0.05) is 5.56 Å². The maximum atomic E-state index is 13.1. The van der Waals surface area contributed by atoms with Crippen molar-refractivity contribution < 1.29 is 28.7 Å². The monoisotopic (exact) mass is 409 g/mol. The predicted octanol–water partition coefficient (Wildman–Crippen LogP) is 1.86. The Labute approximate surface area is 174 Å². The van der Waals surface area contributed by atoms with Gasteiger partial charge in [-0.05, 0) is 61.3 Å². The van der Waals surface area contributed by atoms with E-state index < -0.39 is 18.6 Å². The highest BCUT2D eigenvalue weighted by molar-refractivity contribution is 6.09. The zero-order chi connectivity index (χ0) is 21.2. The van der Waals surface area contributed by atoms with Crippen LogP contribution in [0.15, 0.2) is 36.4 Å². The minimum absolute atomic E-state index is 0.103. The number of ether oxygens (including phenoxy) is 2. The molecule has 156 valence electrons. The largest absolute Gasteiger partial charge is 0.497 e. The Balaban J connectivity index is 1.24. The summed E-state index contributed by atoms with van der Waals surface area (Å²) in [5.41, 5.74) is 0.387. The third-order valence-corrected chi connectivity index (χ3v) is 7.18. The molecule has 4 aliphatic carbocycles. The molecule has 2 amide bonds. The zero-order valence-corrected chi connectivity index (χ0v) is 16.8. The van der Waals surface area contributed by atoms with Crippen molar-refractivity contribution >= 4 is 23.6 Å². The van der Waals surface area contributed by atoms with Crippen LogP contribution in [0.3, 0.4) is 0 Å². The summed E-state index contributed by atoms with van der Waals surface area (Å²) in [5, 5.41) is 0. The smallest absolute Gasteiger partial charge is 0.329 e. The molecule has 1 saturated heterocycles. The number of nitrogens with zero attached hydrogens (tertiary/aromatic N) is 1. The van der Waals surface area contributed by atoms with Gasteiger partial charge in [0.15, 0.2) is 12.4 Å². The highest BCUT2D eigenvalue weighted by Crippen LogP contribution is 2.65. The van der Waals surface area contributed by atoms with Crippen LogP contribution in [0.1, 0.15) is 23.7 Å². The number of rotatable bonds is 6. The SMILES string of the molecule is COc1ccc(C(=O)COC(=O)[C@H](C)N2C(=O)[C@@H]3[C@H]4C=C[C@@H]([C@@H]5C[C@@H]45)[C@@H]3C2=O)cc1. The molecule has 0 aromatic heterocycles. The number of carbonyl (C=O) groups is 4. The number of benzene rings is 1. The van der Waals surface area contributed by atoms with E-state index in [1.165, 1.54) is 14.0 Å². The Morgan fingerprint density at radius 3 is 2.13 bits per heavy atom. The molecule has 0 spiro atoms. The number of allylic oxidation sites excluding steroid dienone is 2. The highest BCUT2D eigenvalue weighted by Gasteiger charge is 2.67. The summed E-state index contributed by atoms with van der Waals surface area (Å²) < 4.78 is 10.2. The van der Waals surface area contributed by atoms with E-state index in [9.17, 15) is 19.2 Å². The summed E-state index contributed by atoms with van der Waals surface area (Å²) in [6, 6.07) is 5.42. The van der Waals surface area contributed by atoms with Crippen molar-refractivity contribution in [2.75, 3.05) is 13.7 Å². The van der Waals surface area contributed by atoms with Gasteiger partial charge in [-0.2, -0.15) is 0 Å². The summed E-state index contributed by atoms with van der Waals surface area (Å²) in [7, 11) is 1.53. The lowest BCUT2D eigenvalue weighted by atomic mass is 9.63.